The molecule has 2 N–H and O–H groups in total. The highest BCUT2D eigenvalue weighted by molar-refractivity contribution is 5.96. The molecule has 0 bridgehead atoms. The van der Waals surface area contributed by atoms with Crippen molar-refractivity contribution in [1.29, 1.82) is 0 Å². The van der Waals surface area contributed by atoms with Gasteiger partial charge >= 0.3 is 5.97 Å². The predicted molar refractivity (Wildman–Crippen MR) is 102 cm³/mol. The van der Waals surface area contributed by atoms with Gasteiger partial charge in [-0.25, -0.2) is 9.18 Å². The van der Waals surface area contributed by atoms with Gasteiger partial charge in [0.2, 0.25) is 0 Å². The Bertz CT molecular complexity index is 836. The van der Waals surface area contributed by atoms with Gasteiger partial charge in [-0.15, -0.1) is 0 Å². The smallest absolute Gasteiger partial charge is 0.338 e. The maximum absolute atomic E-state index is 13.5. The molecule has 0 aromatic heterocycles. The molecule has 7 nitrogen and oxygen atoms in total. The number of hydrazine groups is 1. The van der Waals surface area contributed by atoms with Crippen LogP contribution in [0.25, 0.3) is 0 Å². The van der Waals surface area contributed by atoms with Crippen molar-refractivity contribution < 1.29 is 23.5 Å². The van der Waals surface area contributed by atoms with Crippen LogP contribution in [0.1, 0.15) is 34.6 Å². The number of anilines is 1. The molecule has 2 aromatic rings. The molecular weight excluding hydrogens is 365 g/mol. The lowest BCUT2D eigenvalue weighted by atomic mass is 10.2. The SMILES string of the molecule is CCN(CC)c1ccc(C(=O)OCC(=O)NNC(=O)c2ccccc2F)cc1. The van der Waals surface area contributed by atoms with Crippen molar-refractivity contribution in [2.24, 2.45) is 0 Å². The summed E-state index contributed by atoms with van der Waals surface area (Å²) in [6.07, 6.45) is 0. The van der Waals surface area contributed by atoms with E-state index in [0.29, 0.717) is 5.56 Å². The first-order chi connectivity index (χ1) is 13.5. The lowest BCUT2D eigenvalue weighted by Crippen LogP contribution is -2.43. The van der Waals surface area contributed by atoms with Crippen molar-refractivity contribution >= 4 is 23.5 Å². The fourth-order valence-corrected chi connectivity index (χ4v) is 2.49. The molecule has 0 aliphatic rings. The van der Waals surface area contributed by atoms with E-state index >= 15 is 0 Å². The van der Waals surface area contributed by atoms with Gasteiger partial charge in [0.15, 0.2) is 6.61 Å². The monoisotopic (exact) mass is 387 g/mol. The minimum atomic E-state index is -0.815. The van der Waals surface area contributed by atoms with Gasteiger partial charge in [-0.1, -0.05) is 12.1 Å². The van der Waals surface area contributed by atoms with E-state index in [-0.39, 0.29) is 5.56 Å². The highest BCUT2D eigenvalue weighted by Crippen LogP contribution is 2.15. The summed E-state index contributed by atoms with van der Waals surface area (Å²) in [5.41, 5.74) is 5.20. The summed E-state index contributed by atoms with van der Waals surface area (Å²) in [5, 5.41) is 0. The first-order valence-corrected chi connectivity index (χ1v) is 8.82. The second kappa shape index (κ2) is 10.1. The van der Waals surface area contributed by atoms with Crippen LogP contribution in [0.2, 0.25) is 0 Å². The number of carbonyl (C=O) groups excluding carboxylic acids is 3. The molecule has 0 unspecified atom stereocenters. The van der Waals surface area contributed by atoms with E-state index in [0.717, 1.165) is 24.8 Å². The zero-order chi connectivity index (χ0) is 20.5. The Morgan fingerprint density at radius 1 is 0.964 bits per heavy atom. The number of hydrogen-bond donors (Lipinski definition) is 2. The number of benzene rings is 2. The number of carbonyl (C=O) groups is 3. The Hall–Kier alpha value is -3.42. The number of halogens is 1. The van der Waals surface area contributed by atoms with Crippen LogP contribution < -0.4 is 15.8 Å². The van der Waals surface area contributed by atoms with Gasteiger partial charge in [0.1, 0.15) is 5.82 Å². The van der Waals surface area contributed by atoms with Gasteiger partial charge in [-0.05, 0) is 50.2 Å². The molecule has 0 heterocycles. The van der Waals surface area contributed by atoms with E-state index in [2.05, 4.69) is 15.8 Å². The van der Waals surface area contributed by atoms with E-state index < -0.39 is 30.2 Å². The average molecular weight is 387 g/mol. The van der Waals surface area contributed by atoms with Crippen molar-refractivity contribution in [2.75, 3.05) is 24.6 Å². The molecule has 0 saturated heterocycles. The Morgan fingerprint density at radius 2 is 1.61 bits per heavy atom. The van der Waals surface area contributed by atoms with E-state index in [1.807, 2.05) is 13.8 Å². The molecule has 0 atom stereocenters. The zero-order valence-corrected chi connectivity index (χ0v) is 15.7. The van der Waals surface area contributed by atoms with Crippen molar-refractivity contribution in [1.82, 2.24) is 10.9 Å². The maximum Gasteiger partial charge on any atom is 0.338 e. The van der Waals surface area contributed by atoms with Crippen LogP contribution in [-0.4, -0.2) is 37.5 Å². The topological polar surface area (TPSA) is 87.7 Å². The molecule has 0 spiro atoms. The standard InChI is InChI=1S/C20H22FN3O4/c1-3-24(4-2)15-11-9-14(10-12-15)20(27)28-13-18(25)22-23-19(26)16-7-5-6-8-17(16)21/h5-12H,3-4,13H2,1-2H3,(H,22,25)(H,23,26). The highest BCUT2D eigenvalue weighted by atomic mass is 19.1. The van der Waals surface area contributed by atoms with Crippen LogP contribution >= 0.6 is 0 Å². The summed E-state index contributed by atoms with van der Waals surface area (Å²) in [5.74, 6) is -2.95. The Labute approximate surface area is 162 Å². The van der Waals surface area contributed by atoms with E-state index in [4.69, 9.17) is 4.74 Å². The third-order valence-electron chi connectivity index (χ3n) is 4.00. The molecular formula is C20H22FN3O4. The molecule has 28 heavy (non-hydrogen) atoms. The van der Waals surface area contributed by atoms with Crippen LogP contribution in [0.3, 0.4) is 0 Å². The Morgan fingerprint density at radius 3 is 2.21 bits per heavy atom. The van der Waals surface area contributed by atoms with Gasteiger partial charge < -0.3 is 9.64 Å². The first-order valence-electron chi connectivity index (χ1n) is 8.82. The van der Waals surface area contributed by atoms with Crippen LogP contribution in [0.15, 0.2) is 48.5 Å². The summed E-state index contributed by atoms with van der Waals surface area (Å²) >= 11 is 0. The third-order valence-corrected chi connectivity index (χ3v) is 4.00. The Balaban J connectivity index is 1.81. The number of ether oxygens (including phenoxy) is 1. The number of amides is 2. The summed E-state index contributed by atoms with van der Waals surface area (Å²) in [4.78, 5) is 37.7. The second-order valence-electron chi connectivity index (χ2n) is 5.78. The molecule has 0 saturated carbocycles. The largest absolute Gasteiger partial charge is 0.452 e. The normalized spacial score (nSPS) is 10.1. The quantitative estimate of drug-likeness (QED) is 0.562. The van der Waals surface area contributed by atoms with Gasteiger partial charge in [0.05, 0.1) is 11.1 Å². The van der Waals surface area contributed by atoms with E-state index in [9.17, 15) is 18.8 Å². The van der Waals surface area contributed by atoms with Gasteiger partial charge in [-0.2, -0.15) is 0 Å². The van der Waals surface area contributed by atoms with Crippen molar-refractivity contribution in [3.8, 4) is 0 Å². The maximum atomic E-state index is 13.5. The van der Waals surface area contributed by atoms with E-state index in [1.54, 1.807) is 24.3 Å². The minimum absolute atomic E-state index is 0.215. The fraction of sp³-hybridized carbons (Fsp3) is 0.250. The zero-order valence-electron chi connectivity index (χ0n) is 15.7. The fourth-order valence-electron chi connectivity index (χ4n) is 2.49. The van der Waals surface area contributed by atoms with Gasteiger partial charge in [0.25, 0.3) is 11.8 Å². The summed E-state index contributed by atoms with van der Waals surface area (Å²) in [6.45, 7) is 5.18. The molecule has 148 valence electrons. The van der Waals surface area contributed by atoms with Gasteiger partial charge in [0, 0.05) is 18.8 Å². The van der Waals surface area contributed by atoms with Crippen molar-refractivity contribution in [2.45, 2.75) is 13.8 Å². The van der Waals surface area contributed by atoms with Crippen LogP contribution in [0, 0.1) is 5.82 Å². The molecule has 0 aliphatic carbocycles. The highest BCUT2D eigenvalue weighted by Gasteiger charge is 2.14. The predicted octanol–water partition coefficient (Wildman–Crippen LogP) is 2.29. The van der Waals surface area contributed by atoms with E-state index in [1.165, 1.54) is 18.2 Å². The second-order valence-corrected chi connectivity index (χ2v) is 5.78. The lowest BCUT2D eigenvalue weighted by molar-refractivity contribution is -0.125. The molecule has 2 amide bonds. The molecule has 2 aromatic carbocycles. The summed E-state index contributed by atoms with van der Waals surface area (Å²) in [6, 6.07) is 12.2. The van der Waals surface area contributed by atoms with Crippen LogP contribution in [0.4, 0.5) is 10.1 Å². The van der Waals surface area contributed by atoms with Crippen LogP contribution in [0.5, 0.6) is 0 Å². The average Bonchev–Trinajstić information content (AvgIpc) is 2.72. The van der Waals surface area contributed by atoms with Crippen molar-refractivity contribution in [3.05, 3.63) is 65.5 Å². The lowest BCUT2D eigenvalue weighted by Gasteiger charge is -2.20. The summed E-state index contributed by atoms with van der Waals surface area (Å²) in [7, 11) is 0. The number of nitrogens with one attached hydrogen (secondary N) is 2. The third kappa shape index (κ3) is 5.54. The molecule has 8 heteroatoms. The molecule has 0 aliphatic heterocycles. The van der Waals surface area contributed by atoms with Crippen molar-refractivity contribution in [3.63, 3.8) is 0 Å². The number of rotatable bonds is 7. The minimum Gasteiger partial charge on any atom is -0.452 e. The van der Waals surface area contributed by atoms with Gasteiger partial charge in [-0.3, -0.25) is 20.4 Å². The number of esters is 1. The number of nitrogens with zero attached hydrogens (tertiary/aromatic N) is 1. The Kier molecular flexibility index (Phi) is 7.50. The number of hydrogen-bond acceptors (Lipinski definition) is 5. The molecule has 0 fully saturated rings. The van der Waals surface area contributed by atoms with Crippen LogP contribution in [-0.2, 0) is 9.53 Å². The molecule has 2 rings (SSSR count). The first kappa shape index (κ1) is 20.9. The molecule has 0 radical (unpaired) electrons. The summed E-state index contributed by atoms with van der Waals surface area (Å²) < 4.78 is 18.4.